The van der Waals surface area contributed by atoms with Crippen molar-refractivity contribution in [2.45, 2.75) is 45.1 Å². The van der Waals surface area contributed by atoms with Crippen LogP contribution in [0.1, 0.15) is 39.0 Å². The van der Waals surface area contributed by atoms with Crippen LogP contribution in [-0.4, -0.2) is 24.4 Å². The molecule has 2 nitrogen and oxygen atoms in total. The van der Waals surface area contributed by atoms with Gasteiger partial charge in [-0.25, -0.2) is 0 Å². The molecule has 0 amide bonds. The van der Waals surface area contributed by atoms with Crippen LogP contribution >= 0.6 is 0 Å². The number of aliphatic hydroxyl groups is 1. The predicted molar refractivity (Wildman–Crippen MR) is 49.1 cm³/mol. The number of aliphatic hydroxyl groups excluding tert-OH is 1. The molecule has 1 fully saturated rings. The largest absolute Gasteiger partial charge is 0.393 e. The fourth-order valence-corrected chi connectivity index (χ4v) is 1.72. The van der Waals surface area contributed by atoms with Crippen LogP contribution in [0.2, 0.25) is 0 Å². The second-order valence-corrected chi connectivity index (χ2v) is 3.69. The summed E-state index contributed by atoms with van der Waals surface area (Å²) in [5, 5.41) is 9.73. The van der Waals surface area contributed by atoms with Gasteiger partial charge >= 0.3 is 0 Å². The van der Waals surface area contributed by atoms with Crippen LogP contribution < -0.4 is 0 Å². The van der Waals surface area contributed by atoms with Crippen LogP contribution in [0.25, 0.3) is 0 Å². The van der Waals surface area contributed by atoms with E-state index >= 15 is 0 Å². The van der Waals surface area contributed by atoms with E-state index in [0.717, 1.165) is 38.9 Å². The average molecular weight is 172 g/mol. The molecule has 2 atom stereocenters. The molecule has 1 N–H and O–H groups in total. The number of unbranched alkanes of at least 4 members (excludes halogenated alkanes) is 1. The normalized spacial score (nSPS) is 27.0. The van der Waals surface area contributed by atoms with Crippen LogP contribution in [0.5, 0.6) is 0 Å². The lowest BCUT2D eigenvalue weighted by Gasteiger charge is -2.26. The predicted octanol–water partition coefficient (Wildman–Crippen LogP) is 1.96. The van der Waals surface area contributed by atoms with Gasteiger partial charge in [0.2, 0.25) is 0 Å². The van der Waals surface area contributed by atoms with Crippen LogP contribution in [0.15, 0.2) is 0 Å². The van der Waals surface area contributed by atoms with E-state index in [1.54, 1.807) is 0 Å². The SMILES string of the molecule is CCCCC(O)C1CCCOC1. The van der Waals surface area contributed by atoms with Gasteiger partial charge in [0.15, 0.2) is 0 Å². The minimum atomic E-state index is -0.120. The molecule has 0 aromatic carbocycles. The van der Waals surface area contributed by atoms with Crippen molar-refractivity contribution in [2.75, 3.05) is 13.2 Å². The summed E-state index contributed by atoms with van der Waals surface area (Å²) in [6.07, 6.45) is 5.40. The van der Waals surface area contributed by atoms with Gasteiger partial charge in [0, 0.05) is 12.5 Å². The van der Waals surface area contributed by atoms with Crippen molar-refractivity contribution in [3.63, 3.8) is 0 Å². The van der Waals surface area contributed by atoms with Gasteiger partial charge in [0.25, 0.3) is 0 Å². The van der Waals surface area contributed by atoms with E-state index in [-0.39, 0.29) is 6.10 Å². The zero-order valence-corrected chi connectivity index (χ0v) is 7.96. The van der Waals surface area contributed by atoms with Crippen LogP contribution in [-0.2, 0) is 4.74 Å². The molecule has 0 aromatic rings. The Bertz CT molecular complexity index is 108. The summed E-state index contributed by atoms with van der Waals surface area (Å²) in [4.78, 5) is 0. The van der Waals surface area contributed by atoms with Crippen LogP contribution in [0.4, 0.5) is 0 Å². The molecular weight excluding hydrogens is 152 g/mol. The molecule has 1 heterocycles. The van der Waals surface area contributed by atoms with Gasteiger partial charge in [-0.2, -0.15) is 0 Å². The standard InChI is InChI=1S/C10H20O2/c1-2-3-6-10(11)9-5-4-7-12-8-9/h9-11H,2-8H2,1H3. The molecule has 1 saturated heterocycles. The molecule has 2 unspecified atom stereocenters. The summed E-state index contributed by atoms with van der Waals surface area (Å²) in [7, 11) is 0. The van der Waals surface area contributed by atoms with Crippen LogP contribution in [0.3, 0.4) is 0 Å². The third kappa shape index (κ3) is 3.11. The van der Waals surface area contributed by atoms with Crippen molar-refractivity contribution in [3.8, 4) is 0 Å². The molecule has 12 heavy (non-hydrogen) atoms. The average Bonchev–Trinajstić information content (AvgIpc) is 2.15. The number of hydrogen-bond acceptors (Lipinski definition) is 2. The zero-order valence-electron chi connectivity index (χ0n) is 7.96. The summed E-state index contributed by atoms with van der Waals surface area (Å²) in [6, 6.07) is 0. The summed E-state index contributed by atoms with van der Waals surface area (Å²) in [5.74, 6) is 0.408. The maximum atomic E-state index is 9.73. The van der Waals surface area contributed by atoms with Gasteiger partial charge in [-0.3, -0.25) is 0 Å². The first-order valence-electron chi connectivity index (χ1n) is 5.10. The smallest absolute Gasteiger partial charge is 0.0590 e. The first-order valence-corrected chi connectivity index (χ1v) is 5.10. The molecule has 0 aromatic heterocycles. The van der Waals surface area contributed by atoms with E-state index in [1.807, 2.05) is 0 Å². The molecule has 0 saturated carbocycles. The second-order valence-electron chi connectivity index (χ2n) is 3.69. The highest BCUT2D eigenvalue weighted by molar-refractivity contribution is 4.71. The van der Waals surface area contributed by atoms with E-state index in [1.165, 1.54) is 6.42 Å². The molecule has 72 valence electrons. The van der Waals surface area contributed by atoms with Crippen molar-refractivity contribution >= 4 is 0 Å². The Hall–Kier alpha value is -0.0800. The van der Waals surface area contributed by atoms with E-state index in [0.29, 0.717) is 5.92 Å². The van der Waals surface area contributed by atoms with Crippen molar-refractivity contribution in [2.24, 2.45) is 5.92 Å². The van der Waals surface area contributed by atoms with Gasteiger partial charge in [-0.05, 0) is 19.3 Å². The molecular formula is C10H20O2. The topological polar surface area (TPSA) is 29.5 Å². The zero-order chi connectivity index (χ0) is 8.81. The van der Waals surface area contributed by atoms with Gasteiger partial charge < -0.3 is 9.84 Å². The Morgan fingerprint density at radius 2 is 2.42 bits per heavy atom. The monoisotopic (exact) mass is 172 g/mol. The molecule has 1 aliphatic heterocycles. The lowest BCUT2D eigenvalue weighted by atomic mass is 9.93. The second kappa shape index (κ2) is 5.55. The minimum Gasteiger partial charge on any atom is -0.393 e. The summed E-state index contributed by atoms with van der Waals surface area (Å²) < 4.78 is 5.32. The van der Waals surface area contributed by atoms with E-state index in [2.05, 4.69) is 6.92 Å². The third-order valence-corrected chi connectivity index (χ3v) is 2.59. The molecule has 1 rings (SSSR count). The number of rotatable bonds is 4. The highest BCUT2D eigenvalue weighted by Gasteiger charge is 2.21. The molecule has 0 aliphatic carbocycles. The first-order chi connectivity index (χ1) is 5.84. The van der Waals surface area contributed by atoms with Crippen LogP contribution in [0, 0.1) is 5.92 Å². The fourth-order valence-electron chi connectivity index (χ4n) is 1.72. The number of hydrogen-bond donors (Lipinski definition) is 1. The first kappa shape index (κ1) is 10.0. The summed E-state index contributed by atoms with van der Waals surface area (Å²) in [5.41, 5.74) is 0. The molecule has 2 heteroatoms. The van der Waals surface area contributed by atoms with Crippen molar-refractivity contribution in [1.29, 1.82) is 0 Å². The quantitative estimate of drug-likeness (QED) is 0.702. The summed E-state index contributed by atoms with van der Waals surface area (Å²) >= 11 is 0. The van der Waals surface area contributed by atoms with E-state index in [9.17, 15) is 5.11 Å². The van der Waals surface area contributed by atoms with Crippen molar-refractivity contribution < 1.29 is 9.84 Å². The highest BCUT2D eigenvalue weighted by Crippen LogP contribution is 2.20. The van der Waals surface area contributed by atoms with E-state index in [4.69, 9.17) is 4.74 Å². The molecule has 0 radical (unpaired) electrons. The molecule has 1 aliphatic rings. The lowest BCUT2D eigenvalue weighted by molar-refractivity contribution is -0.0124. The Balaban J connectivity index is 2.15. The Morgan fingerprint density at radius 1 is 1.58 bits per heavy atom. The molecule has 0 bridgehead atoms. The van der Waals surface area contributed by atoms with Gasteiger partial charge in [-0.15, -0.1) is 0 Å². The molecule has 0 spiro atoms. The van der Waals surface area contributed by atoms with Crippen molar-refractivity contribution in [1.82, 2.24) is 0 Å². The van der Waals surface area contributed by atoms with Gasteiger partial charge in [0.1, 0.15) is 0 Å². The lowest BCUT2D eigenvalue weighted by Crippen LogP contribution is -2.28. The van der Waals surface area contributed by atoms with Gasteiger partial charge in [-0.1, -0.05) is 19.8 Å². The maximum Gasteiger partial charge on any atom is 0.0590 e. The minimum absolute atomic E-state index is 0.120. The Labute approximate surface area is 74.9 Å². The number of ether oxygens (including phenoxy) is 1. The van der Waals surface area contributed by atoms with Crippen molar-refractivity contribution in [3.05, 3.63) is 0 Å². The maximum absolute atomic E-state index is 9.73. The summed E-state index contributed by atoms with van der Waals surface area (Å²) in [6.45, 7) is 3.81. The Morgan fingerprint density at radius 3 is 3.00 bits per heavy atom. The fraction of sp³-hybridized carbons (Fsp3) is 1.00. The van der Waals surface area contributed by atoms with Gasteiger partial charge in [0.05, 0.1) is 12.7 Å². The van der Waals surface area contributed by atoms with E-state index < -0.39 is 0 Å². The third-order valence-electron chi connectivity index (χ3n) is 2.59. The Kier molecular flexibility index (Phi) is 4.62. The highest BCUT2D eigenvalue weighted by atomic mass is 16.5.